The minimum absolute atomic E-state index is 0.0770. The molecular weight excluding hydrogens is 229 g/mol. The number of carboxylic acids is 1. The average Bonchev–Trinajstić information content (AvgIpc) is 2.00. The molecule has 0 aliphatic carbocycles. The summed E-state index contributed by atoms with van der Waals surface area (Å²) in [6, 6.07) is 2.45. The first kappa shape index (κ1) is 8.99. The van der Waals surface area contributed by atoms with Crippen molar-refractivity contribution in [2.45, 2.75) is 0 Å². The van der Waals surface area contributed by atoms with Gasteiger partial charge in [0, 0.05) is 0 Å². The molecule has 1 rings (SSSR count). The van der Waals surface area contributed by atoms with E-state index >= 15 is 0 Å². The summed E-state index contributed by atoms with van der Waals surface area (Å²) in [6.07, 6.45) is 0. The number of hydrogen-bond donors (Lipinski definition) is 2. The third-order valence-electron chi connectivity index (χ3n) is 1.34. The Kier molecular flexibility index (Phi) is 2.32. The summed E-state index contributed by atoms with van der Waals surface area (Å²) in [7, 11) is 0. The maximum Gasteiger partial charge on any atom is 0.336 e. The number of nitrogen functional groups attached to an aromatic ring is 1. The van der Waals surface area contributed by atoms with E-state index in [4.69, 9.17) is 10.8 Å². The van der Waals surface area contributed by atoms with E-state index in [1.165, 1.54) is 12.1 Å². The van der Waals surface area contributed by atoms with Gasteiger partial charge in [0.1, 0.15) is 0 Å². The van der Waals surface area contributed by atoms with Crippen LogP contribution in [0.25, 0.3) is 0 Å². The molecule has 0 heterocycles. The lowest BCUT2D eigenvalue weighted by Gasteiger charge is -2.01. The molecule has 1 aromatic carbocycles. The molecular formula is C7H5BrFNO2. The van der Waals surface area contributed by atoms with Crippen LogP contribution in [0.1, 0.15) is 10.4 Å². The second-order valence-corrected chi connectivity index (χ2v) is 2.93. The van der Waals surface area contributed by atoms with E-state index in [9.17, 15) is 9.18 Å². The van der Waals surface area contributed by atoms with Gasteiger partial charge in [-0.05, 0) is 28.1 Å². The van der Waals surface area contributed by atoms with Crippen molar-refractivity contribution >= 4 is 27.6 Å². The fourth-order valence-corrected chi connectivity index (χ4v) is 1.26. The standard InChI is InChI=1S/C7H5BrFNO2/c8-5-3(7(11)12)1-2-4(10)6(5)9/h1-2H,10H2,(H,11,12). The van der Waals surface area contributed by atoms with Crippen LogP contribution in [-0.2, 0) is 0 Å². The number of halogens is 2. The largest absolute Gasteiger partial charge is 0.478 e. The Bertz CT molecular complexity index is 340. The van der Waals surface area contributed by atoms with E-state index < -0.39 is 11.8 Å². The van der Waals surface area contributed by atoms with Crippen LogP contribution in [-0.4, -0.2) is 11.1 Å². The Hall–Kier alpha value is -1.10. The first-order chi connectivity index (χ1) is 5.54. The molecule has 5 heteroatoms. The van der Waals surface area contributed by atoms with Crippen molar-refractivity contribution in [3.8, 4) is 0 Å². The van der Waals surface area contributed by atoms with Gasteiger partial charge in [0.2, 0.25) is 0 Å². The summed E-state index contributed by atoms with van der Waals surface area (Å²) in [4.78, 5) is 10.4. The predicted molar refractivity (Wildman–Crippen MR) is 45.5 cm³/mol. The number of hydrogen-bond acceptors (Lipinski definition) is 2. The zero-order chi connectivity index (χ0) is 9.30. The van der Waals surface area contributed by atoms with Gasteiger partial charge in [-0.3, -0.25) is 0 Å². The first-order valence-electron chi connectivity index (χ1n) is 3.01. The Morgan fingerprint density at radius 2 is 2.17 bits per heavy atom. The molecule has 0 saturated heterocycles. The molecule has 3 nitrogen and oxygen atoms in total. The van der Waals surface area contributed by atoms with Crippen molar-refractivity contribution < 1.29 is 14.3 Å². The number of rotatable bonds is 1. The predicted octanol–water partition coefficient (Wildman–Crippen LogP) is 1.87. The molecule has 12 heavy (non-hydrogen) atoms. The van der Waals surface area contributed by atoms with Crippen LogP contribution in [0.4, 0.5) is 10.1 Å². The zero-order valence-corrected chi connectivity index (χ0v) is 7.43. The van der Waals surface area contributed by atoms with Crippen LogP contribution in [0, 0.1) is 5.82 Å². The third kappa shape index (κ3) is 1.40. The lowest BCUT2D eigenvalue weighted by Crippen LogP contribution is -2.01. The number of aromatic carboxylic acids is 1. The number of carbonyl (C=O) groups is 1. The van der Waals surface area contributed by atoms with Crippen molar-refractivity contribution in [1.29, 1.82) is 0 Å². The van der Waals surface area contributed by atoms with Gasteiger partial charge in [-0.1, -0.05) is 0 Å². The Balaban J connectivity index is 3.36. The summed E-state index contributed by atoms with van der Waals surface area (Å²) in [5.74, 6) is -1.93. The summed E-state index contributed by atoms with van der Waals surface area (Å²) >= 11 is 2.80. The molecule has 3 N–H and O–H groups in total. The summed E-state index contributed by atoms with van der Waals surface area (Å²) < 4.78 is 12.8. The van der Waals surface area contributed by atoms with Crippen molar-refractivity contribution in [3.05, 3.63) is 28.0 Å². The van der Waals surface area contributed by atoms with Crippen molar-refractivity contribution in [1.82, 2.24) is 0 Å². The van der Waals surface area contributed by atoms with Crippen molar-refractivity contribution in [2.75, 3.05) is 5.73 Å². The quantitative estimate of drug-likeness (QED) is 0.729. The molecule has 0 amide bonds. The van der Waals surface area contributed by atoms with E-state index in [1.54, 1.807) is 0 Å². The van der Waals surface area contributed by atoms with E-state index in [2.05, 4.69) is 15.9 Å². The third-order valence-corrected chi connectivity index (χ3v) is 2.12. The van der Waals surface area contributed by atoms with Gasteiger partial charge < -0.3 is 10.8 Å². The maximum absolute atomic E-state index is 12.9. The molecule has 0 saturated carbocycles. The van der Waals surface area contributed by atoms with Gasteiger partial charge in [-0.15, -0.1) is 0 Å². The van der Waals surface area contributed by atoms with Gasteiger partial charge >= 0.3 is 5.97 Å². The van der Waals surface area contributed by atoms with Crippen LogP contribution in [0.3, 0.4) is 0 Å². The minimum Gasteiger partial charge on any atom is -0.478 e. The van der Waals surface area contributed by atoms with E-state index in [0.717, 1.165) is 0 Å². The van der Waals surface area contributed by atoms with Crippen LogP contribution in [0.15, 0.2) is 16.6 Å². The molecule has 0 aromatic heterocycles. The number of anilines is 1. The van der Waals surface area contributed by atoms with E-state index in [-0.39, 0.29) is 15.7 Å². The fourth-order valence-electron chi connectivity index (χ4n) is 0.730. The lowest BCUT2D eigenvalue weighted by atomic mass is 10.2. The lowest BCUT2D eigenvalue weighted by molar-refractivity contribution is 0.0695. The Morgan fingerprint density at radius 1 is 1.58 bits per heavy atom. The number of nitrogens with two attached hydrogens (primary N) is 1. The average molecular weight is 234 g/mol. The molecule has 0 unspecified atom stereocenters. The van der Waals surface area contributed by atoms with Crippen LogP contribution in [0.5, 0.6) is 0 Å². The van der Waals surface area contributed by atoms with Crippen LogP contribution in [0.2, 0.25) is 0 Å². The van der Waals surface area contributed by atoms with Crippen molar-refractivity contribution in [2.24, 2.45) is 0 Å². The SMILES string of the molecule is Nc1ccc(C(=O)O)c(Br)c1F. The molecule has 0 aliphatic rings. The molecule has 64 valence electrons. The fraction of sp³-hybridized carbons (Fsp3) is 0. The van der Waals surface area contributed by atoms with Crippen LogP contribution >= 0.6 is 15.9 Å². The zero-order valence-electron chi connectivity index (χ0n) is 5.84. The molecule has 0 spiro atoms. The van der Waals surface area contributed by atoms with Gasteiger partial charge in [0.15, 0.2) is 5.82 Å². The highest BCUT2D eigenvalue weighted by atomic mass is 79.9. The first-order valence-corrected chi connectivity index (χ1v) is 3.80. The molecule has 0 fully saturated rings. The number of carboxylic acid groups (broad SMARTS) is 1. The highest BCUT2D eigenvalue weighted by Gasteiger charge is 2.13. The molecule has 0 bridgehead atoms. The molecule has 0 atom stereocenters. The molecule has 1 aromatic rings. The Morgan fingerprint density at radius 3 is 2.67 bits per heavy atom. The van der Waals surface area contributed by atoms with E-state index in [1.807, 2.05) is 0 Å². The van der Waals surface area contributed by atoms with Crippen LogP contribution < -0.4 is 5.73 Å². The number of benzene rings is 1. The second kappa shape index (κ2) is 3.10. The smallest absolute Gasteiger partial charge is 0.336 e. The molecule has 0 aliphatic heterocycles. The monoisotopic (exact) mass is 233 g/mol. The Labute approximate surface area is 76.1 Å². The van der Waals surface area contributed by atoms with Gasteiger partial charge in [-0.2, -0.15) is 0 Å². The summed E-state index contributed by atoms with van der Waals surface area (Å²) in [6.45, 7) is 0. The minimum atomic E-state index is -1.19. The van der Waals surface area contributed by atoms with Crippen molar-refractivity contribution in [3.63, 3.8) is 0 Å². The maximum atomic E-state index is 12.9. The van der Waals surface area contributed by atoms with Gasteiger partial charge in [-0.25, -0.2) is 9.18 Å². The highest BCUT2D eigenvalue weighted by molar-refractivity contribution is 9.10. The topological polar surface area (TPSA) is 63.3 Å². The van der Waals surface area contributed by atoms with Gasteiger partial charge in [0.05, 0.1) is 15.7 Å². The summed E-state index contributed by atoms with van der Waals surface area (Å²) in [5, 5.41) is 8.54. The second-order valence-electron chi connectivity index (χ2n) is 2.14. The highest BCUT2D eigenvalue weighted by Crippen LogP contribution is 2.24. The van der Waals surface area contributed by atoms with Gasteiger partial charge in [0.25, 0.3) is 0 Å². The molecule has 0 radical (unpaired) electrons. The summed E-state index contributed by atoms with van der Waals surface area (Å²) in [5.41, 5.74) is 4.98. The van der Waals surface area contributed by atoms with E-state index in [0.29, 0.717) is 0 Å². The normalized spacial score (nSPS) is 9.83.